The first-order valence-electron chi connectivity index (χ1n) is 11.2. The molecule has 2 N–H and O–H groups in total. The van der Waals surface area contributed by atoms with E-state index in [1.165, 1.54) is 13.4 Å². The number of carbonyl (C=O) groups excluding carboxylic acids is 3. The Hall–Kier alpha value is -3.95. The van der Waals surface area contributed by atoms with Crippen molar-refractivity contribution in [2.45, 2.75) is 46.1 Å². The van der Waals surface area contributed by atoms with Gasteiger partial charge >= 0.3 is 6.09 Å². The lowest BCUT2D eigenvalue weighted by Gasteiger charge is -2.18. The van der Waals surface area contributed by atoms with Crippen molar-refractivity contribution in [1.29, 1.82) is 0 Å². The Bertz CT molecular complexity index is 1260. The van der Waals surface area contributed by atoms with Gasteiger partial charge in [0.1, 0.15) is 11.8 Å². The molecule has 34 heavy (non-hydrogen) atoms. The smallest absolute Gasteiger partial charge is 0.416 e. The number of fused-ring (bicyclic) bond motifs is 1. The summed E-state index contributed by atoms with van der Waals surface area (Å²) in [5.74, 6) is -0.0870. The van der Waals surface area contributed by atoms with Crippen molar-refractivity contribution in [3.63, 3.8) is 0 Å². The number of rotatable bonds is 7. The van der Waals surface area contributed by atoms with Crippen LogP contribution in [-0.4, -0.2) is 57.1 Å². The molecule has 1 aliphatic rings. The predicted molar refractivity (Wildman–Crippen MR) is 126 cm³/mol. The van der Waals surface area contributed by atoms with Crippen molar-refractivity contribution >= 4 is 34.9 Å². The van der Waals surface area contributed by atoms with Crippen molar-refractivity contribution in [3.8, 4) is 0 Å². The molecule has 2 heterocycles. The quantitative estimate of drug-likeness (QED) is 0.548. The highest BCUT2D eigenvalue weighted by molar-refractivity contribution is 6.05. The van der Waals surface area contributed by atoms with Crippen molar-refractivity contribution in [3.05, 3.63) is 53.0 Å². The van der Waals surface area contributed by atoms with Gasteiger partial charge in [-0.05, 0) is 56.4 Å². The fourth-order valence-electron chi connectivity index (χ4n) is 3.74. The van der Waals surface area contributed by atoms with Gasteiger partial charge in [-0.25, -0.2) is 19.2 Å². The molecule has 4 rings (SSSR count). The summed E-state index contributed by atoms with van der Waals surface area (Å²) >= 11 is 0. The standard InChI is InChI=1S/C24H28N6O4/c1-5-10-29(24(33)34-4)23(32)18-12-30-20(15(18)3)21(25-13-26-30)28-19-11-16(7-6-14(19)2)22(31)27-17-8-9-17/h6-7,11-13,17H,5,8-10H2,1-4H3,(H,27,31)(H,25,26,28). The minimum atomic E-state index is -0.706. The number of hydrogen-bond donors (Lipinski definition) is 2. The van der Waals surface area contributed by atoms with E-state index in [-0.39, 0.29) is 18.5 Å². The Morgan fingerprint density at radius 1 is 1.24 bits per heavy atom. The van der Waals surface area contributed by atoms with E-state index in [0.717, 1.165) is 29.0 Å². The van der Waals surface area contributed by atoms with Gasteiger partial charge in [-0.15, -0.1) is 0 Å². The summed E-state index contributed by atoms with van der Waals surface area (Å²) in [6.45, 7) is 5.83. The van der Waals surface area contributed by atoms with E-state index in [4.69, 9.17) is 4.74 Å². The Balaban J connectivity index is 1.68. The summed E-state index contributed by atoms with van der Waals surface area (Å²) in [6, 6.07) is 5.73. The molecule has 1 aromatic carbocycles. The van der Waals surface area contributed by atoms with E-state index in [1.807, 2.05) is 19.9 Å². The number of aromatic nitrogens is 3. The zero-order valence-electron chi connectivity index (χ0n) is 19.7. The van der Waals surface area contributed by atoms with Crippen LogP contribution in [0.25, 0.3) is 5.52 Å². The predicted octanol–water partition coefficient (Wildman–Crippen LogP) is 3.60. The molecular weight excluding hydrogens is 436 g/mol. The number of anilines is 2. The third-order valence-electron chi connectivity index (χ3n) is 5.81. The molecule has 10 nitrogen and oxygen atoms in total. The molecule has 0 bridgehead atoms. The maximum absolute atomic E-state index is 13.2. The van der Waals surface area contributed by atoms with E-state index < -0.39 is 12.0 Å². The molecular formula is C24H28N6O4. The highest BCUT2D eigenvalue weighted by atomic mass is 16.5. The molecule has 2 aromatic heterocycles. The van der Waals surface area contributed by atoms with Gasteiger partial charge in [-0.3, -0.25) is 9.59 Å². The molecule has 3 aromatic rings. The number of nitrogens with zero attached hydrogens (tertiary/aromatic N) is 4. The minimum Gasteiger partial charge on any atom is -0.452 e. The number of nitrogens with one attached hydrogen (secondary N) is 2. The number of aryl methyl sites for hydroxylation is 2. The zero-order valence-corrected chi connectivity index (χ0v) is 19.7. The SMILES string of the molecule is CCCN(C(=O)OC)C(=O)c1cn2ncnc(Nc3cc(C(=O)NC4CC4)ccc3C)c2c1C. The number of carbonyl (C=O) groups is 3. The second-order valence-electron chi connectivity index (χ2n) is 8.40. The first-order chi connectivity index (χ1) is 16.3. The molecule has 0 unspecified atom stereocenters. The van der Waals surface area contributed by atoms with Gasteiger partial charge in [-0.2, -0.15) is 5.10 Å². The van der Waals surface area contributed by atoms with Crippen molar-refractivity contribution in [1.82, 2.24) is 24.8 Å². The van der Waals surface area contributed by atoms with Gasteiger partial charge in [0.05, 0.1) is 12.7 Å². The van der Waals surface area contributed by atoms with E-state index >= 15 is 0 Å². The van der Waals surface area contributed by atoms with Crippen LogP contribution < -0.4 is 10.6 Å². The third kappa shape index (κ3) is 4.57. The summed E-state index contributed by atoms with van der Waals surface area (Å²) in [6.07, 6.45) is 4.89. The fraction of sp³-hybridized carbons (Fsp3) is 0.375. The molecule has 0 atom stereocenters. The lowest BCUT2D eigenvalue weighted by Crippen LogP contribution is -2.37. The highest BCUT2D eigenvalue weighted by Crippen LogP contribution is 2.28. The van der Waals surface area contributed by atoms with Crippen LogP contribution in [0.1, 0.15) is 58.0 Å². The van der Waals surface area contributed by atoms with Gasteiger partial charge in [0.25, 0.3) is 11.8 Å². The van der Waals surface area contributed by atoms with Gasteiger partial charge in [0.2, 0.25) is 0 Å². The molecule has 10 heteroatoms. The Morgan fingerprint density at radius 2 is 2.00 bits per heavy atom. The van der Waals surface area contributed by atoms with Crippen molar-refractivity contribution < 1.29 is 19.1 Å². The first kappa shape index (κ1) is 23.2. The van der Waals surface area contributed by atoms with E-state index in [9.17, 15) is 14.4 Å². The van der Waals surface area contributed by atoms with E-state index in [2.05, 4.69) is 20.7 Å². The van der Waals surface area contributed by atoms with Crippen LogP contribution in [0.2, 0.25) is 0 Å². The zero-order chi connectivity index (χ0) is 24.4. The molecule has 178 valence electrons. The lowest BCUT2D eigenvalue weighted by atomic mass is 10.1. The summed E-state index contributed by atoms with van der Waals surface area (Å²) < 4.78 is 6.34. The largest absolute Gasteiger partial charge is 0.452 e. The Kier molecular flexibility index (Phi) is 6.49. The van der Waals surface area contributed by atoms with Crippen molar-refractivity contribution in [2.24, 2.45) is 0 Å². The number of ether oxygens (including phenoxy) is 1. The molecule has 0 radical (unpaired) electrons. The molecule has 1 aliphatic carbocycles. The van der Waals surface area contributed by atoms with Gasteiger partial charge in [0, 0.05) is 30.0 Å². The molecule has 1 fully saturated rings. The van der Waals surface area contributed by atoms with Gasteiger partial charge < -0.3 is 15.4 Å². The van der Waals surface area contributed by atoms with Crippen molar-refractivity contribution in [2.75, 3.05) is 19.0 Å². The molecule has 3 amide bonds. The van der Waals surface area contributed by atoms with Crippen LogP contribution in [0.3, 0.4) is 0 Å². The molecule has 0 spiro atoms. The van der Waals surface area contributed by atoms with Crippen LogP contribution in [0.5, 0.6) is 0 Å². The Morgan fingerprint density at radius 3 is 2.68 bits per heavy atom. The maximum atomic E-state index is 13.2. The van der Waals surface area contributed by atoms with Gasteiger partial charge in [-0.1, -0.05) is 13.0 Å². The van der Waals surface area contributed by atoms with E-state index in [1.54, 1.807) is 29.8 Å². The summed E-state index contributed by atoms with van der Waals surface area (Å²) in [7, 11) is 1.25. The monoisotopic (exact) mass is 464 g/mol. The fourth-order valence-corrected chi connectivity index (χ4v) is 3.74. The second-order valence-corrected chi connectivity index (χ2v) is 8.40. The molecule has 1 saturated carbocycles. The topological polar surface area (TPSA) is 118 Å². The number of hydrogen-bond acceptors (Lipinski definition) is 7. The second kappa shape index (κ2) is 9.50. The van der Waals surface area contributed by atoms with Gasteiger partial charge in [0.15, 0.2) is 5.82 Å². The molecule has 0 saturated heterocycles. The summed E-state index contributed by atoms with van der Waals surface area (Å²) in [4.78, 5) is 43.3. The number of methoxy groups -OCH3 is 1. The third-order valence-corrected chi connectivity index (χ3v) is 5.81. The average Bonchev–Trinajstić information content (AvgIpc) is 3.58. The Labute approximate surface area is 197 Å². The lowest BCUT2D eigenvalue weighted by molar-refractivity contribution is 0.0706. The van der Waals surface area contributed by atoms with Crippen LogP contribution in [0.4, 0.5) is 16.3 Å². The number of amides is 3. The first-order valence-corrected chi connectivity index (χ1v) is 11.2. The summed E-state index contributed by atoms with van der Waals surface area (Å²) in [5, 5.41) is 10.5. The van der Waals surface area contributed by atoms with E-state index in [0.29, 0.717) is 34.4 Å². The normalized spacial score (nSPS) is 12.9. The maximum Gasteiger partial charge on any atom is 0.416 e. The van der Waals surface area contributed by atoms with Crippen LogP contribution in [0.15, 0.2) is 30.7 Å². The van der Waals surface area contributed by atoms with Crippen LogP contribution in [0, 0.1) is 13.8 Å². The average molecular weight is 465 g/mol. The highest BCUT2D eigenvalue weighted by Gasteiger charge is 2.27. The van der Waals surface area contributed by atoms with Crippen LogP contribution in [-0.2, 0) is 4.74 Å². The number of imide groups is 1. The van der Waals surface area contributed by atoms with Crippen LogP contribution >= 0.6 is 0 Å². The number of benzene rings is 1. The minimum absolute atomic E-state index is 0.107. The molecule has 0 aliphatic heterocycles. The summed E-state index contributed by atoms with van der Waals surface area (Å²) in [5.41, 5.74) is 3.76.